The van der Waals surface area contributed by atoms with Gasteiger partial charge < -0.3 is 15.7 Å². The van der Waals surface area contributed by atoms with E-state index in [9.17, 15) is 23.1 Å². The van der Waals surface area contributed by atoms with Crippen molar-refractivity contribution in [2.75, 3.05) is 25.0 Å². The van der Waals surface area contributed by atoms with Gasteiger partial charge in [0.15, 0.2) is 0 Å². The summed E-state index contributed by atoms with van der Waals surface area (Å²) in [6, 6.07) is 3.87. The number of benzene rings is 1. The Morgan fingerprint density at radius 2 is 1.76 bits per heavy atom. The molecule has 0 radical (unpaired) electrons. The van der Waals surface area contributed by atoms with Crippen molar-refractivity contribution < 1.29 is 23.1 Å². The van der Waals surface area contributed by atoms with Crippen molar-refractivity contribution in [3.63, 3.8) is 0 Å². The van der Waals surface area contributed by atoms with Gasteiger partial charge in [0.2, 0.25) is 5.91 Å². The Labute approximate surface area is 196 Å². The van der Waals surface area contributed by atoms with E-state index < -0.39 is 11.7 Å². The van der Waals surface area contributed by atoms with Gasteiger partial charge in [0.25, 0.3) is 0 Å². The Kier molecular flexibility index (Phi) is 6.37. The number of carbonyl (C=O) groups excluding carboxylic acids is 1. The molecule has 0 unspecified atom stereocenters. The van der Waals surface area contributed by atoms with Crippen LogP contribution in [0.5, 0.6) is 0 Å². The molecule has 7 nitrogen and oxygen atoms in total. The Bertz CT molecular complexity index is 1030. The lowest BCUT2D eigenvalue weighted by Gasteiger charge is -2.47. The zero-order chi connectivity index (χ0) is 23.9. The smallest absolute Gasteiger partial charge is 0.393 e. The number of likely N-dealkylation sites (tertiary alicyclic amines) is 1. The second kappa shape index (κ2) is 9.30. The van der Waals surface area contributed by atoms with Crippen LogP contribution in [0.3, 0.4) is 0 Å². The minimum atomic E-state index is -4.47. The molecule has 2 aliphatic carbocycles. The number of fused-ring (bicyclic) bond motifs is 1. The molecular formula is C24H30F3N5O2. The number of nitrogens with zero attached hydrogens (tertiary/aromatic N) is 3. The maximum atomic E-state index is 13.1. The van der Waals surface area contributed by atoms with Gasteiger partial charge in [0, 0.05) is 24.5 Å². The van der Waals surface area contributed by atoms with Crippen LogP contribution in [0.4, 0.5) is 19.0 Å². The van der Waals surface area contributed by atoms with Crippen molar-refractivity contribution in [2.24, 2.45) is 11.8 Å². The summed E-state index contributed by atoms with van der Waals surface area (Å²) in [5, 5.41) is 16.4. The molecule has 1 saturated heterocycles. The van der Waals surface area contributed by atoms with Crippen LogP contribution in [0.25, 0.3) is 10.9 Å². The van der Waals surface area contributed by atoms with Gasteiger partial charge in [-0.3, -0.25) is 9.69 Å². The van der Waals surface area contributed by atoms with Crippen molar-refractivity contribution in [2.45, 2.75) is 62.9 Å². The Morgan fingerprint density at radius 1 is 1.09 bits per heavy atom. The van der Waals surface area contributed by atoms with Crippen LogP contribution in [0.15, 0.2) is 24.5 Å². The third-order valence-electron chi connectivity index (χ3n) is 7.50. The molecule has 2 saturated carbocycles. The first-order valence-electron chi connectivity index (χ1n) is 12.1. The molecule has 184 valence electrons. The molecule has 2 aromatic rings. The largest absolute Gasteiger partial charge is 0.416 e. The lowest BCUT2D eigenvalue weighted by Crippen LogP contribution is -2.63. The van der Waals surface area contributed by atoms with Crippen LogP contribution in [0, 0.1) is 11.8 Å². The van der Waals surface area contributed by atoms with E-state index in [1.807, 2.05) is 0 Å². The zero-order valence-electron chi connectivity index (χ0n) is 18.9. The maximum absolute atomic E-state index is 13.1. The number of aromatic nitrogens is 2. The molecule has 1 aromatic carbocycles. The van der Waals surface area contributed by atoms with E-state index >= 15 is 0 Å². The fourth-order valence-corrected chi connectivity index (χ4v) is 5.35. The molecule has 0 spiro atoms. The van der Waals surface area contributed by atoms with Gasteiger partial charge in [0.05, 0.1) is 29.8 Å². The van der Waals surface area contributed by atoms with Crippen LogP contribution >= 0.6 is 0 Å². The number of hydrogen-bond donors (Lipinski definition) is 3. The number of hydrogen-bond acceptors (Lipinski definition) is 6. The van der Waals surface area contributed by atoms with E-state index in [-0.39, 0.29) is 35.8 Å². The quantitative estimate of drug-likeness (QED) is 0.568. The second-order valence-corrected chi connectivity index (χ2v) is 9.92. The number of halogens is 3. The van der Waals surface area contributed by atoms with Crippen LogP contribution < -0.4 is 10.6 Å². The minimum absolute atomic E-state index is 0.0723. The summed E-state index contributed by atoms with van der Waals surface area (Å²) in [6.45, 7) is 1.53. The third kappa shape index (κ3) is 5.12. The molecule has 1 amide bonds. The van der Waals surface area contributed by atoms with E-state index in [2.05, 4.69) is 25.5 Å². The summed E-state index contributed by atoms with van der Waals surface area (Å²) in [5.41, 5.74) is -0.409. The van der Waals surface area contributed by atoms with Crippen molar-refractivity contribution in [1.82, 2.24) is 20.2 Å². The summed E-state index contributed by atoms with van der Waals surface area (Å²) >= 11 is 0. The van der Waals surface area contributed by atoms with E-state index in [1.54, 1.807) is 0 Å². The second-order valence-electron chi connectivity index (χ2n) is 9.92. The van der Waals surface area contributed by atoms with E-state index in [0.717, 1.165) is 50.9 Å². The number of carbonyl (C=O) groups is 1. The molecule has 10 heteroatoms. The zero-order valence-corrected chi connectivity index (χ0v) is 18.9. The van der Waals surface area contributed by atoms with E-state index in [4.69, 9.17) is 0 Å². The van der Waals surface area contributed by atoms with Gasteiger partial charge in [-0.15, -0.1) is 0 Å². The predicted octanol–water partition coefficient (Wildman–Crippen LogP) is 3.19. The van der Waals surface area contributed by atoms with Gasteiger partial charge in [-0.1, -0.05) is 0 Å². The lowest BCUT2D eigenvalue weighted by atomic mass is 9.80. The highest BCUT2D eigenvalue weighted by molar-refractivity contribution is 5.91. The molecular weight excluding hydrogens is 447 g/mol. The molecule has 1 atom stereocenters. The summed E-state index contributed by atoms with van der Waals surface area (Å²) in [4.78, 5) is 22.8. The van der Waals surface area contributed by atoms with Gasteiger partial charge in [-0.2, -0.15) is 13.2 Å². The molecule has 34 heavy (non-hydrogen) atoms. The molecule has 2 heterocycles. The number of aliphatic hydroxyl groups is 1. The monoisotopic (exact) mass is 477 g/mol. The first-order chi connectivity index (χ1) is 16.3. The number of alkyl halides is 3. The minimum Gasteiger partial charge on any atom is -0.393 e. The van der Waals surface area contributed by atoms with Crippen molar-refractivity contribution in [1.29, 1.82) is 0 Å². The predicted molar refractivity (Wildman–Crippen MR) is 121 cm³/mol. The SMILES string of the molecule is O=C(CNc1ncnc2ccc(C(F)(F)F)cc12)NC1CN(C2CCC([C@H](O)C3CC3)CC2)C1. The van der Waals surface area contributed by atoms with Crippen molar-refractivity contribution in [3.05, 3.63) is 30.1 Å². The number of aliphatic hydroxyl groups excluding tert-OH is 1. The van der Waals surface area contributed by atoms with E-state index in [1.165, 1.54) is 25.2 Å². The molecule has 5 rings (SSSR count). The van der Waals surface area contributed by atoms with Crippen LogP contribution in [-0.2, 0) is 11.0 Å². The molecule has 1 aliphatic heterocycles. The van der Waals surface area contributed by atoms with Crippen molar-refractivity contribution in [3.8, 4) is 0 Å². The third-order valence-corrected chi connectivity index (χ3v) is 7.50. The highest BCUT2D eigenvalue weighted by Gasteiger charge is 2.40. The summed E-state index contributed by atoms with van der Waals surface area (Å²) in [5.74, 6) is 0.953. The number of rotatable bonds is 7. The maximum Gasteiger partial charge on any atom is 0.416 e. The topological polar surface area (TPSA) is 90.4 Å². The Hall–Kier alpha value is -2.46. The van der Waals surface area contributed by atoms with Crippen LogP contribution in [-0.4, -0.2) is 63.7 Å². The average molecular weight is 478 g/mol. The first-order valence-corrected chi connectivity index (χ1v) is 12.1. The summed E-state index contributed by atoms with van der Waals surface area (Å²) in [6.07, 6.45) is 3.35. The van der Waals surface area contributed by atoms with E-state index in [0.29, 0.717) is 23.4 Å². The number of amides is 1. The number of nitrogens with one attached hydrogen (secondary N) is 2. The molecule has 1 aromatic heterocycles. The van der Waals surface area contributed by atoms with Crippen molar-refractivity contribution >= 4 is 22.6 Å². The molecule has 0 bridgehead atoms. The average Bonchev–Trinajstić information content (AvgIpc) is 3.64. The fraction of sp³-hybridized carbons (Fsp3) is 0.625. The Morgan fingerprint density at radius 3 is 2.41 bits per heavy atom. The lowest BCUT2D eigenvalue weighted by molar-refractivity contribution is -0.137. The highest BCUT2D eigenvalue weighted by atomic mass is 19.4. The van der Waals surface area contributed by atoms with Gasteiger partial charge in [0.1, 0.15) is 12.1 Å². The first kappa shape index (κ1) is 23.3. The molecule has 3 N–H and O–H groups in total. The number of anilines is 1. The molecule has 3 fully saturated rings. The summed E-state index contributed by atoms with van der Waals surface area (Å²) < 4.78 is 39.2. The van der Waals surface area contributed by atoms with Gasteiger partial charge >= 0.3 is 6.18 Å². The van der Waals surface area contributed by atoms with Crippen LogP contribution in [0.2, 0.25) is 0 Å². The van der Waals surface area contributed by atoms with Gasteiger partial charge in [-0.25, -0.2) is 9.97 Å². The van der Waals surface area contributed by atoms with Crippen LogP contribution in [0.1, 0.15) is 44.1 Å². The fourth-order valence-electron chi connectivity index (χ4n) is 5.35. The normalized spacial score (nSPS) is 25.1. The summed E-state index contributed by atoms with van der Waals surface area (Å²) in [7, 11) is 0. The Balaban J connectivity index is 1.08. The highest BCUT2D eigenvalue weighted by Crippen LogP contribution is 2.41. The van der Waals surface area contributed by atoms with Gasteiger partial charge in [-0.05, 0) is 68.6 Å². The molecule has 3 aliphatic rings. The standard InChI is InChI=1S/C24H30F3N5O2/c25-24(26,27)16-5-8-20-19(9-16)23(30-13-29-20)28-10-21(33)31-17-11-32(12-17)18-6-3-15(4-7-18)22(34)14-1-2-14/h5,8-9,13-15,17-18,22,34H,1-4,6-7,10-12H2,(H,31,33)(H,28,29,30)/t15?,18?,22-/m1/s1.